The van der Waals surface area contributed by atoms with Gasteiger partial charge in [-0.15, -0.1) is 0 Å². The van der Waals surface area contributed by atoms with E-state index in [9.17, 15) is 0 Å². The number of hydrazone groups is 1. The first-order valence-electron chi connectivity index (χ1n) is 3.95. The Hall–Kier alpha value is -1.06. The summed E-state index contributed by atoms with van der Waals surface area (Å²) in [4.78, 5) is 0. The summed E-state index contributed by atoms with van der Waals surface area (Å²) in [6.07, 6.45) is 1.67. The fourth-order valence-corrected chi connectivity index (χ4v) is 0.910. The highest BCUT2D eigenvalue weighted by molar-refractivity contribution is 6.30. The molecular weight excluding hydrogens is 188 g/mol. The van der Waals surface area contributed by atoms with Gasteiger partial charge in [-0.25, -0.2) is 0 Å². The van der Waals surface area contributed by atoms with Gasteiger partial charge in [0.05, 0.1) is 19.4 Å². The van der Waals surface area contributed by atoms with E-state index in [1.54, 1.807) is 18.3 Å². The van der Waals surface area contributed by atoms with Gasteiger partial charge in [0.2, 0.25) is 0 Å². The standard InChI is InChI=1S/C9H11ClN2O/c10-9-3-1-8(2-4-9)7-12-11-5-6-13/h1-4,7,11,13H,5-6H2/b12-7+. The number of aliphatic hydroxyl groups is 1. The summed E-state index contributed by atoms with van der Waals surface area (Å²) in [5.74, 6) is 0. The molecule has 0 bridgehead atoms. The summed E-state index contributed by atoms with van der Waals surface area (Å²) in [5.41, 5.74) is 3.65. The number of nitrogens with one attached hydrogen (secondary N) is 1. The normalized spacial score (nSPS) is 10.6. The lowest BCUT2D eigenvalue weighted by atomic mass is 10.2. The van der Waals surface area contributed by atoms with Crippen molar-refractivity contribution < 1.29 is 5.11 Å². The van der Waals surface area contributed by atoms with Gasteiger partial charge in [-0.1, -0.05) is 23.7 Å². The summed E-state index contributed by atoms with van der Waals surface area (Å²) >= 11 is 5.70. The molecule has 0 saturated carbocycles. The van der Waals surface area contributed by atoms with Crippen LogP contribution in [0.25, 0.3) is 0 Å². The Labute approximate surface area is 82.0 Å². The summed E-state index contributed by atoms with van der Waals surface area (Å²) in [5, 5.41) is 13.0. The molecule has 0 aliphatic carbocycles. The predicted octanol–water partition coefficient (Wildman–Crippen LogP) is 1.26. The van der Waals surface area contributed by atoms with Crippen molar-refractivity contribution in [2.75, 3.05) is 13.2 Å². The second-order valence-corrected chi connectivity index (χ2v) is 2.88. The molecule has 2 N–H and O–H groups in total. The highest BCUT2D eigenvalue weighted by atomic mass is 35.5. The van der Waals surface area contributed by atoms with Crippen LogP contribution in [0.2, 0.25) is 5.02 Å². The van der Waals surface area contributed by atoms with Crippen LogP contribution in [0.15, 0.2) is 29.4 Å². The third kappa shape index (κ3) is 3.92. The van der Waals surface area contributed by atoms with Crippen LogP contribution < -0.4 is 5.43 Å². The van der Waals surface area contributed by atoms with E-state index in [1.807, 2.05) is 12.1 Å². The van der Waals surface area contributed by atoms with E-state index in [4.69, 9.17) is 16.7 Å². The maximum Gasteiger partial charge on any atom is 0.0620 e. The van der Waals surface area contributed by atoms with E-state index in [0.717, 1.165) is 5.56 Å². The van der Waals surface area contributed by atoms with Crippen molar-refractivity contribution in [3.05, 3.63) is 34.9 Å². The molecule has 70 valence electrons. The first-order chi connectivity index (χ1) is 6.33. The van der Waals surface area contributed by atoms with Crippen LogP contribution in [0.4, 0.5) is 0 Å². The Bertz CT molecular complexity index is 271. The van der Waals surface area contributed by atoms with Crippen LogP contribution >= 0.6 is 11.6 Å². The molecule has 0 saturated heterocycles. The summed E-state index contributed by atoms with van der Waals surface area (Å²) in [7, 11) is 0. The van der Waals surface area contributed by atoms with Crippen molar-refractivity contribution in [1.29, 1.82) is 0 Å². The van der Waals surface area contributed by atoms with Gasteiger partial charge < -0.3 is 10.5 Å². The summed E-state index contributed by atoms with van der Waals surface area (Å²) < 4.78 is 0. The van der Waals surface area contributed by atoms with Crippen LogP contribution in [-0.2, 0) is 0 Å². The van der Waals surface area contributed by atoms with Crippen molar-refractivity contribution in [3.63, 3.8) is 0 Å². The molecule has 4 heteroatoms. The molecule has 0 atom stereocenters. The van der Waals surface area contributed by atoms with Crippen LogP contribution in [0.3, 0.4) is 0 Å². The number of rotatable bonds is 4. The van der Waals surface area contributed by atoms with E-state index in [0.29, 0.717) is 11.6 Å². The second-order valence-electron chi connectivity index (χ2n) is 2.44. The van der Waals surface area contributed by atoms with Gasteiger partial charge in [0.25, 0.3) is 0 Å². The zero-order valence-electron chi connectivity index (χ0n) is 7.07. The van der Waals surface area contributed by atoms with Crippen molar-refractivity contribution in [2.45, 2.75) is 0 Å². The second kappa shape index (κ2) is 5.56. The van der Waals surface area contributed by atoms with Crippen molar-refractivity contribution in [3.8, 4) is 0 Å². The molecule has 0 radical (unpaired) electrons. The van der Waals surface area contributed by atoms with Gasteiger partial charge in [-0.3, -0.25) is 0 Å². The Morgan fingerprint density at radius 1 is 1.38 bits per heavy atom. The van der Waals surface area contributed by atoms with Gasteiger partial charge >= 0.3 is 0 Å². The number of nitrogens with zero attached hydrogens (tertiary/aromatic N) is 1. The lowest BCUT2D eigenvalue weighted by Crippen LogP contribution is -2.11. The van der Waals surface area contributed by atoms with E-state index in [2.05, 4.69) is 10.5 Å². The zero-order valence-corrected chi connectivity index (χ0v) is 7.83. The Morgan fingerprint density at radius 2 is 2.08 bits per heavy atom. The lowest BCUT2D eigenvalue weighted by molar-refractivity contribution is 0.294. The molecule has 1 rings (SSSR count). The third-order valence-corrected chi connectivity index (χ3v) is 1.65. The van der Waals surface area contributed by atoms with E-state index in [-0.39, 0.29) is 6.61 Å². The van der Waals surface area contributed by atoms with E-state index >= 15 is 0 Å². The molecular formula is C9H11ClN2O. The highest BCUT2D eigenvalue weighted by Gasteiger charge is 1.87. The third-order valence-electron chi connectivity index (χ3n) is 1.40. The lowest BCUT2D eigenvalue weighted by Gasteiger charge is -1.95. The largest absolute Gasteiger partial charge is 0.394 e. The summed E-state index contributed by atoms with van der Waals surface area (Å²) in [6, 6.07) is 7.34. The quantitative estimate of drug-likeness (QED) is 0.435. The molecule has 0 aromatic heterocycles. The van der Waals surface area contributed by atoms with E-state index < -0.39 is 0 Å². The van der Waals surface area contributed by atoms with Gasteiger partial charge in [0.1, 0.15) is 0 Å². The van der Waals surface area contributed by atoms with E-state index in [1.165, 1.54) is 0 Å². The average molecular weight is 199 g/mol. The predicted molar refractivity (Wildman–Crippen MR) is 54.1 cm³/mol. The smallest absolute Gasteiger partial charge is 0.0620 e. The van der Waals surface area contributed by atoms with Crippen molar-refractivity contribution in [1.82, 2.24) is 5.43 Å². The molecule has 0 heterocycles. The SMILES string of the molecule is OCCN/N=C/c1ccc(Cl)cc1. The minimum Gasteiger partial charge on any atom is -0.394 e. The zero-order chi connectivity index (χ0) is 9.52. The van der Waals surface area contributed by atoms with Gasteiger partial charge in [-0.05, 0) is 17.7 Å². The molecule has 13 heavy (non-hydrogen) atoms. The van der Waals surface area contributed by atoms with Gasteiger partial charge in [0, 0.05) is 5.02 Å². The van der Waals surface area contributed by atoms with Gasteiger partial charge in [0.15, 0.2) is 0 Å². The van der Waals surface area contributed by atoms with Gasteiger partial charge in [-0.2, -0.15) is 5.10 Å². The fourth-order valence-electron chi connectivity index (χ4n) is 0.784. The number of halogens is 1. The van der Waals surface area contributed by atoms with Crippen molar-refractivity contribution in [2.24, 2.45) is 5.10 Å². The molecule has 0 fully saturated rings. The number of benzene rings is 1. The highest BCUT2D eigenvalue weighted by Crippen LogP contribution is 2.07. The molecule has 0 aliphatic heterocycles. The molecule has 0 aliphatic rings. The Kier molecular flexibility index (Phi) is 4.29. The van der Waals surface area contributed by atoms with Crippen LogP contribution in [0.1, 0.15) is 5.56 Å². The monoisotopic (exact) mass is 198 g/mol. The first kappa shape index (κ1) is 10.0. The Morgan fingerprint density at radius 3 is 2.69 bits per heavy atom. The van der Waals surface area contributed by atoms with Crippen LogP contribution in [0.5, 0.6) is 0 Å². The molecule has 0 unspecified atom stereocenters. The molecule has 1 aromatic rings. The average Bonchev–Trinajstić information content (AvgIpc) is 2.15. The topological polar surface area (TPSA) is 44.6 Å². The van der Waals surface area contributed by atoms with Crippen LogP contribution in [-0.4, -0.2) is 24.5 Å². The molecule has 1 aromatic carbocycles. The number of hydrogen-bond acceptors (Lipinski definition) is 3. The number of hydrogen-bond donors (Lipinski definition) is 2. The fraction of sp³-hybridized carbons (Fsp3) is 0.222. The maximum absolute atomic E-state index is 8.45. The van der Waals surface area contributed by atoms with Crippen molar-refractivity contribution >= 4 is 17.8 Å². The maximum atomic E-state index is 8.45. The molecule has 0 amide bonds. The molecule has 0 spiro atoms. The Balaban J connectivity index is 2.44. The van der Waals surface area contributed by atoms with Crippen LogP contribution in [0, 0.1) is 0 Å². The molecule has 3 nitrogen and oxygen atoms in total. The minimum absolute atomic E-state index is 0.0813. The minimum atomic E-state index is 0.0813. The number of aliphatic hydroxyl groups excluding tert-OH is 1. The summed E-state index contributed by atoms with van der Waals surface area (Å²) in [6.45, 7) is 0.544. The first-order valence-corrected chi connectivity index (χ1v) is 4.33.